The SMILES string of the molecule is CCCCCCCCCCCCCC(=O)N(C)CC(O)CO. The van der Waals surface area contributed by atoms with Gasteiger partial charge in [0, 0.05) is 20.0 Å². The smallest absolute Gasteiger partial charge is 0.222 e. The second-order valence-corrected chi connectivity index (χ2v) is 6.40. The molecule has 22 heavy (non-hydrogen) atoms. The van der Waals surface area contributed by atoms with Crippen LogP contribution in [0, 0.1) is 0 Å². The van der Waals surface area contributed by atoms with E-state index in [1.807, 2.05) is 0 Å². The molecule has 0 aliphatic rings. The van der Waals surface area contributed by atoms with Gasteiger partial charge in [0.25, 0.3) is 0 Å². The Morgan fingerprint density at radius 3 is 1.82 bits per heavy atom. The number of hydrogen-bond acceptors (Lipinski definition) is 3. The summed E-state index contributed by atoms with van der Waals surface area (Å²) in [7, 11) is 1.68. The number of rotatable bonds is 15. The van der Waals surface area contributed by atoms with Gasteiger partial charge in [-0.05, 0) is 6.42 Å². The maximum atomic E-state index is 11.8. The molecule has 0 aliphatic heterocycles. The largest absolute Gasteiger partial charge is 0.394 e. The Morgan fingerprint density at radius 2 is 1.36 bits per heavy atom. The van der Waals surface area contributed by atoms with Crippen LogP contribution in [0.4, 0.5) is 0 Å². The molecule has 0 aromatic heterocycles. The number of aliphatic hydroxyl groups excluding tert-OH is 2. The van der Waals surface area contributed by atoms with Gasteiger partial charge in [0.2, 0.25) is 5.91 Å². The lowest BCUT2D eigenvalue weighted by molar-refractivity contribution is -0.131. The second kappa shape index (κ2) is 15.3. The maximum absolute atomic E-state index is 11.8. The minimum absolute atomic E-state index is 0.0587. The summed E-state index contributed by atoms with van der Waals surface area (Å²) < 4.78 is 0. The van der Waals surface area contributed by atoms with Gasteiger partial charge in [0.15, 0.2) is 0 Å². The number of carbonyl (C=O) groups excluding carboxylic acids is 1. The molecule has 4 nitrogen and oxygen atoms in total. The summed E-state index contributed by atoms with van der Waals surface area (Å²) in [6.45, 7) is 2.17. The van der Waals surface area contributed by atoms with Gasteiger partial charge in [-0.15, -0.1) is 0 Å². The number of nitrogens with zero attached hydrogens (tertiary/aromatic N) is 1. The fourth-order valence-corrected chi connectivity index (χ4v) is 2.61. The Bertz CT molecular complexity index is 259. The summed E-state index contributed by atoms with van der Waals surface area (Å²) in [5, 5.41) is 18.0. The monoisotopic (exact) mass is 315 g/mol. The Balaban J connectivity index is 3.33. The van der Waals surface area contributed by atoms with Crippen molar-refractivity contribution in [3.05, 3.63) is 0 Å². The number of likely N-dealkylation sites (N-methyl/N-ethyl adjacent to an activating group) is 1. The molecular formula is C18H37NO3. The first kappa shape index (κ1) is 21.4. The summed E-state index contributed by atoms with van der Waals surface area (Å²) in [5.74, 6) is 0.0587. The standard InChI is InChI=1S/C18H37NO3/c1-3-4-5-6-7-8-9-10-11-12-13-14-18(22)19(2)15-17(21)16-20/h17,20-21H,3-16H2,1-2H3. The molecule has 2 N–H and O–H groups in total. The van der Waals surface area contributed by atoms with Crippen LogP contribution in [0.25, 0.3) is 0 Å². The van der Waals surface area contributed by atoms with Gasteiger partial charge in [0.05, 0.1) is 12.7 Å². The highest BCUT2D eigenvalue weighted by Gasteiger charge is 2.12. The van der Waals surface area contributed by atoms with Crippen molar-refractivity contribution in [1.29, 1.82) is 0 Å². The van der Waals surface area contributed by atoms with Crippen LogP contribution in [0.3, 0.4) is 0 Å². The third kappa shape index (κ3) is 13.1. The summed E-state index contributed by atoms with van der Waals surface area (Å²) in [6.07, 6.45) is 13.7. The van der Waals surface area contributed by atoms with Gasteiger partial charge in [0.1, 0.15) is 0 Å². The molecule has 0 saturated carbocycles. The van der Waals surface area contributed by atoms with E-state index < -0.39 is 6.10 Å². The fraction of sp³-hybridized carbons (Fsp3) is 0.944. The average Bonchev–Trinajstić information content (AvgIpc) is 2.52. The fourth-order valence-electron chi connectivity index (χ4n) is 2.61. The average molecular weight is 315 g/mol. The number of aliphatic hydroxyl groups is 2. The van der Waals surface area contributed by atoms with E-state index in [-0.39, 0.29) is 19.1 Å². The van der Waals surface area contributed by atoms with Crippen molar-refractivity contribution in [2.24, 2.45) is 0 Å². The highest BCUT2D eigenvalue weighted by atomic mass is 16.3. The number of unbranched alkanes of at least 4 members (excludes halogenated alkanes) is 10. The predicted octanol–water partition coefficient (Wildman–Crippen LogP) is 3.50. The summed E-state index contributed by atoms with van der Waals surface area (Å²) >= 11 is 0. The van der Waals surface area contributed by atoms with Crippen LogP contribution < -0.4 is 0 Å². The first-order chi connectivity index (χ1) is 10.6. The van der Waals surface area contributed by atoms with Crippen molar-refractivity contribution in [2.45, 2.75) is 90.1 Å². The van der Waals surface area contributed by atoms with E-state index in [2.05, 4.69) is 6.92 Å². The van der Waals surface area contributed by atoms with Gasteiger partial charge < -0.3 is 15.1 Å². The molecule has 0 radical (unpaired) electrons. The Hall–Kier alpha value is -0.610. The molecule has 1 unspecified atom stereocenters. The first-order valence-corrected chi connectivity index (χ1v) is 9.14. The molecule has 0 aromatic rings. The van der Waals surface area contributed by atoms with E-state index in [4.69, 9.17) is 5.11 Å². The molecule has 132 valence electrons. The molecule has 0 aliphatic carbocycles. The normalized spacial score (nSPS) is 12.4. The molecule has 0 spiro atoms. The van der Waals surface area contributed by atoms with Crippen LogP contribution in [0.2, 0.25) is 0 Å². The minimum atomic E-state index is -0.828. The summed E-state index contributed by atoms with van der Waals surface area (Å²) in [6, 6.07) is 0. The molecule has 0 heterocycles. The second-order valence-electron chi connectivity index (χ2n) is 6.40. The lowest BCUT2D eigenvalue weighted by atomic mass is 10.1. The van der Waals surface area contributed by atoms with E-state index in [0.29, 0.717) is 6.42 Å². The molecule has 0 aromatic carbocycles. The predicted molar refractivity (Wildman–Crippen MR) is 91.8 cm³/mol. The van der Waals surface area contributed by atoms with Crippen molar-refractivity contribution >= 4 is 5.91 Å². The van der Waals surface area contributed by atoms with Crippen molar-refractivity contribution in [3.63, 3.8) is 0 Å². The molecule has 0 saturated heterocycles. The van der Waals surface area contributed by atoms with Crippen LogP contribution in [-0.2, 0) is 4.79 Å². The number of carbonyl (C=O) groups is 1. The van der Waals surface area contributed by atoms with Gasteiger partial charge >= 0.3 is 0 Å². The van der Waals surface area contributed by atoms with E-state index in [9.17, 15) is 9.90 Å². The summed E-state index contributed by atoms with van der Waals surface area (Å²) in [5.41, 5.74) is 0. The first-order valence-electron chi connectivity index (χ1n) is 9.14. The van der Waals surface area contributed by atoms with Gasteiger partial charge in [-0.1, -0.05) is 71.1 Å². The molecule has 0 bridgehead atoms. The van der Waals surface area contributed by atoms with Crippen LogP contribution >= 0.6 is 0 Å². The quantitative estimate of drug-likeness (QED) is 0.455. The maximum Gasteiger partial charge on any atom is 0.222 e. The van der Waals surface area contributed by atoms with Crippen LogP contribution in [-0.4, -0.2) is 47.3 Å². The molecule has 1 amide bonds. The number of amides is 1. The van der Waals surface area contributed by atoms with Gasteiger partial charge in [-0.3, -0.25) is 4.79 Å². The molecule has 0 fully saturated rings. The van der Waals surface area contributed by atoms with Gasteiger partial charge in [-0.25, -0.2) is 0 Å². The van der Waals surface area contributed by atoms with E-state index in [0.717, 1.165) is 12.8 Å². The lowest BCUT2D eigenvalue weighted by Crippen LogP contribution is -2.35. The Morgan fingerprint density at radius 1 is 0.909 bits per heavy atom. The highest BCUT2D eigenvalue weighted by Crippen LogP contribution is 2.12. The molecular weight excluding hydrogens is 278 g/mol. The van der Waals surface area contributed by atoms with Gasteiger partial charge in [-0.2, -0.15) is 0 Å². The molecule has 4 heteroatoms. The zero-order valence-corrected chi connectivity index (χ0v) is 14.7. The van der Waals surface area contributed by atoms with E-state index in [1.165, 1.54) is 62.7 Å². The van der Waals surface area contributed by atoms with Crippen LogP contribution in [0.5, 0.6) is 0 Å². The summed E-state index contributed by atoms with van der Waals surface area (Å²) in [4.78, 5) is 13.3. The van der Waals surface area contributed by atoms with E-state index >= 15 is 0 Å². The van der Waals surface area contributed by atoms with Crippen molar-refractivity contribution in [3.8, 4) is 0 Å². The Kier molecular flexibility index (Phi) is 14.9. The zero-order chi connectivity index (χ0) is 16.6. The molecule has 0 rings (SSSR count). The molecule has 1 atom stereocenters. The number of hydrogen-bond donors (Lipinski definition) is 2. The third-order valence-corrected chi connectivity index (χ3v) is 4.12. The van der Waals surface area contributed by atoms with Crippen molar-refractivity contribution in [2.75, 3.05) is 20.2 Å². The minimum Gasteiger partial charge on any atom is -0.394 e. The topological polar surface area (TPSA) is 60.8 Å². The Labute approximate surface area is 136 Å². The third-order valence-electron chi connectivity index (χ3n) is 4.12. The van der Waals surface area contributed by atoms with Crippen molar-refractivity contribution in [1.82, 2.24) is 4.90 Å². The van der Waals surface area contributed by atoms with Crippen LogP contribution in [0.15, 0.2) is 0 Å². The highest BCUT2D eigenvalue weighted by molar-refractivity contribution is 5.75. The van der Waals surface area contributed by atoms with Crippen LogP contribution in [0.1, 0.15) is 84.0 Å². The van der Waals surface area contributed by atoms with E-state index in [1.54, 1.807) is 7.05 Å². The lowest BCUT2D eigenvalue weighted by Gasteiger charge is -2.19. The zero-order valence-electron chi connectivity index (χ0n) is 14.7. The van der Waals surface area contributed by atoms with Crippen molar-refractivity contribution < 1.29 is 15.0 Å².